The van der Waals surface area contributed by atoms with Crippen molar-refractivity contribution in [3.8, 4) is 11.5 Å². The van der Waals surface area contributed by atoms with Crippen molar-refractivity contribution in [3.63, 3.8) is 0 Å². The van der Waals surface area contributed by atoms with Crippen LogP contribution in [0.4, 0.5) is 5.69 Å². The van der Waals surface area contributed by atoms with Gasteiger partial charge in [-0.1, -0.05) is 12.1 Å². The Labute approximate surface area is 167 Å². The molecule has 138 valence electrons. The minimum atomic E-state index is -0.0618. The van der Waals surface area contributed by atoms with Gasteiger partial charge in [0.2, 0.25) is 0 Å². The number of aromatic nitrogens is 1. The van der Waals surface area contributed by atoms with Gasteiger partial charge in [0.25, 0.3) is 0 Å². The third kappa shape index (κ3) is 3.24. The monoisotopic (exact) mass is 397 g/mol. The third-order valence-corrected chi connectivity index (χ3v) is 5.84. The number of hydrogen-bond donors (Lipinski definition) is 1. The van der Waals surface area contributed by atoms with Crippen molar-refractivity contribution >= 4 is 34.4 Å². The smallest absolute Gasteiger partial charge is 0.174 e. The van der Waals surface area contributed by atoms with Crippen LogP contribution in [-0.4, -0.2) is 24.3 Å². The number of hydrogen-bond acceptors (Lipinski definition) is 5. The Balaban J connectivity index is 1.85. The average molecular weight is 398 g/mol. The van der Waals surface area contributed by atoms with Crippen molar-refractivity contribution in [3.05, 3.63) is 70.7 Å². The molecule has 1 N–H and O–H groups in total. The van der Waals surface area contributed by atoms with Gasteiger partial charge < -0.3 is 19.7 Å². The zero-order valence-corrected chi connectivity index (χ0v) is 16.6. The van der Waals surface area contributed by atoms with E-state index in [1.165, 1.54) is 4.88 Å². The first kappa shape index (κ1) is 17.8. The van der Waals surface area contributed by atoms with Gasteiger partial charge in [-0.25, -0.2) is 0 Å². The zero-order chi connectivity index (χ0) is 18.8. The summed E-state index contributed by atoms with van der Waals surface area (Å²) < 4.78 is 11.0. The summed E-state index contributed by atoms with van der Waals surface area (Å²) in [7, 11) is 3.31. The van der Waals surface area contributed by atoms with Crippen LogP contribution in [0.3, 0.4) is 0 Å². The van der Waals surface area contributed by atoms with E-state index in [0.717, 1.165) is 22.9 Å². The van der Waals surface area contributed by atoms with E-state index in [4.69, 9.17) is 21.7 Å². The van der Waals surface area contributed by atoms with Gasteiger partial charge in [0.15, 0.2) is 5.11 Å². The molecule has 1 aliphatic rings. The molecule has 0 spiro atoms. The molecule has 0 amide bonds. The summed E-state index contributed by atoms with van der Waals surface area (Å²) in [4.78, 5) is 7.86. The zero-order valence-electron chi connectivity index (χ0n) is 15.0. The lowest BCUT2D eigenvalue weighted by Gasteiger charge is -2.28. The van der Waals surface area contributed by atoms with Gasteiger partial charge in [0.1, 0.15) is 11.5 Å². The maximum absolute atomic E-state index is 5.73. The second-order valence-corrected chi connectivity index (χ2v) is 7.42. The standard InChI is InChI=1S/C20H19N3O2S2/c1-24-13-8-9-16(25-2)15(12-13)23-19(17-7-5-11-27-17)18(22-20(23)26)14-6-3-4-10-21-14/h3-12,18-19H,1-2H3,(H,22,26)/t18-,19+/m1/s1. The molecular formula is C20H19N3O2S2. The number of methoxy groups -OCH3 is 2. The average Bonchev–Trinajstić information content (AvgIpc) is 3.35. The van der Waals surface area contributed by atoms with Crippen molar-refractivity contribution in [2.75, 3.05) is 19.1 Å². The molecular weight excluding hydrogens is 378 g/mol. The Bertz CT molecular complexity index is 932. The van der Waals surface area contributed by atoms with E-state index >= 15 is 0 Å². The van der Waals surface area contributed by atoms with E-state index in [-0.39, 0.29) is 12.1 Å². The van der Waals surface area contributed by atoms with E-state index in [1.807, 2.05) is 36.4 Å². The number of pyridine rings is 1. The quantitative estimate of drug-likeness (QED) is 0.647. The number of rotatable bonds is 5. The molecule has 3 heterocycles. The molecule has 0 bridgehead atoms. The molecule has 1 aromatic carbocycles. The highest BCUT2D eigenvalue weighted by Crippen LogP contribution is 2.46. The molecule has 0 unspecified atom stereocenters. The molecule has 1 fully saturated rings. The molecule has 0 saturated carbocycles. The van der Waals surface area contributed by atoms with Crippen LogP contribution < -0.4 is 19.7 Å². The van der Waals surface area contributed by atoms with Gasteiger partial charge in [-0.15, -0.1) is 11.3 Å². The highest BCUT2D eigenvalue weighted by Gasteiger charge is 2.42. The van der Waals surface area contributed by atoms with Crippen LogP contribution in [0.5, 0.6) is 11.5 Å². The molecule has 2 atom stereocenters. The minimum Gasteiger partial charge on any atom is -0.497 e. The van der Waals surface area contributed by atoms with Gasteiger partial charge in [-0.2, -0.15) is 0 Å². The summed E-state index contributed by atoms with van der Waals surface area (Å²) >= 11 is 7.43. The van der Waals surface area contributed by atoms with E-state index in [2.05, 4.69) is 32.7 Å². The molecule has 1 aliphatic heterocycles. The molecule has 3 aromatic rings. The second kappa shape index (κ2) is 7.54. The number of nitrogens with zero attached hydrogens (tertiary/aromatic N) is 2. The Morgan fingerprint density at radius 1 is 1.11 bits per heavy atom. The fourth-order valence-corrected chi connectivity index (χ4v) is 4.54. The van der Waals surface area contributed by atoms with Crippen molar-refractivity contribution in [2.24, 2.45) is 0 Å². The summed E-state index contributed by atoms with van der Waals surface area (Å²) in [6.07, 6.45) is 1.81. The largest absolute Gasteiger partial charge is 0.497 e. The Morgan fingerprint density at radius 3 is 2.67 bits per heavy atom. The lowest BCUT2D eigenvalue weighted by atomic mass is 10.0. The topological polar surface area (TPSA) is 46.6 Å². The van der Waals surface area contributed by atoms with Crippen molar-refractivity contribution in [2.45, 2.75) is 12.1 Å². The molecule has 7 heteroatoms. The molecule has 0 radical (unpaired) electrons. The predicted molar refractivity (Wildman–Crippen MR) is 112 cm³/mol. The van der Waals surface area contributed by atoms with Crippen LogP contribution >= 0.6 is 23.6 Å². The molecule has 4 rings (SSSR count). The summed E-state index contributed by atoms with van der Waals surface area (Å²) in [5.41, 5.74) is 1.81. The van der Waals surface area contributed by atoms with Crippen molar-refractivity contribution in [1.82, 2.24) is 10.3 Å². The van der Waals surface area contributed by atoms with E-state index < -0.39 is 0 Å². The number of ether oxygens (including phenoxy) is 2. The number of nitrogens with one attached hydrogen (secondary N) is 1. The number of thiophene rings is 1. The number of thiocarbonyl (C=S) groups is 1. The summed E-state index contributed by atoms with van der Waals surface area (Å²) in [6, 6.07) is 15.7. The van der Waals surface area contributed by atoms with Gasteiger partial charge in [-0.05, 0) is 47.9 Å². The lowest BCUT2D eigenvalue weighted by molar-refractivity contribution is 0.403. The molecule has 1 saturated heterocycles. The van der Waals surface area contributed by atoms with Crippen LogP contribution in [0.25, 0.3) is 0 Å². The fourth-order valence-electron chi connectivity index (χ4n) is 3.35. The van der Waals surface area contributed by atoms with Gasteiger partial charge >= 0.3 is 0 Å². The highest BCUT2D eigenvalue weighted by molar-refractivity contribution is 7.80. The second-order valence-electron chi connectivity index (χ2n) is 6.05. The third-order valence-electron chi connectivity index (χ3n) is 4.58. The predicted octanol–water partition coefficient (Wildman–Crippen LogP) is 4.34. The SMILES string of the molecule is COc1ccc(OC)c(N2C(=S)N[C@H](c3ccccn3)[C@@H]2c2cccs2)c1. The maximum Gasteiger partial charge on any atom is 0.174 e. The van der Waals surface area contributed by atoms with Crippen LogP contribution in [0.2, 0.25) is 0 Å². The molecule has 2 aromatic heterocycles. The molecule has 5 nitrogen and oxygen atoms in total. The summed E-state index contributed by atoms with van der Waals surface area (Å²) in [6.45, 7) is 0. The van der Waals surface area contributed by atoms with Crippen LogP contribution in [0.1, 0.15) is 22.7 Å². The van der Waals surface area contributed by atoms with Crippen LogP contribution in [-0.2, 0) is 0 Å². The number of benzene rings is 1. The molecule has 27 heavy (non-hydrogen) atoms. The van der Waals surface area contributed by atoms with Gasteiger partial charge in [0, 0.05) is 17.1 Å². The number of anilines is 1. The first-order valence-electron chi connectivity index (χ1n) is 8.49. The lowest BCUT2D eigenvalue weighted by Crippen LogP contribution is -2.29. The fraction of sp³-hybridized carbons (Fsp3) is 0.200. The first-order chi connectivity index (χ1) is 13.2. The highest BCUT2D eigenvalue weighted by atomic mass is 32.1. The van der Waals surface area contributed by atoms with Crippen LogP contribution in [0.15, 0.2) is 60.1 Å². The Morgan fingerprint density at radius 2 is 2.00 bits per heavy atom. The van der Waals surface area contributed by atoms with Crippen molar-refractivity contribution in [1.29, 1.82) is 0 Å². The first-order valence-corrected chi connectivity index (χ1v) is 9.78. The summed E-state index contributed by atoms with van der Waals surface area (Å²) in [5, 5.41) is 6.16. The maximum atomic E-state index is 5.73. The van der Waals surface area contributed by atoms with E-state index in [1.54, 1.807) is 31.8 Å². The normalized spacial score (nSPS) is 19.0. The van der Waals surface area contributed by atoms with Crippen molar-refractivity contribution < 1.29 is 9.47 Å². The van der Waals surface area contributed by atoms with E-state index in [9.17, 15) is 0 Å². The summed E-state index contributed by atoms with van der Waals surface area (Å²) in [5.74, 6) is 1.49. The van der Waals surface area contributed by atoms with Gasteiger partial charge in [-0.3, -0.25) is 4.98 Å². The van der Waals surface area contributed by atoms with E-state index in [0.29, 0.717) is 5.11 Å². The van der Waals surface area contributed by atoms with Gasteiger partial charge in [0.05, 0.1) is 37.7 Å². The Kier molecular flexibility index (Phi) is 4.96. The minimum absolute atomic E-state index is 0.0339. The molecule has 0 aliphatic carbocycles. The van der Waals surface area contributed by atoms with Crippen LogP contribution in [0, 0.1) is 0 Å². The Hall–Kier alpha value is -2.64.